The van der Waals surface area contributed by atoms with Crippen LogP contribution in [-0.2, 0) is 24.4 Å². The largest absolute Gasteiger partial charge is 0.380 e. The van der Waals surface area contributed by atoms with Gasteiger partial charge in [0.1, 0.15) is 0 Å². The van der Waals surface area contributed by atoms with Gasteiger partial charge >= 0.3 is 0 Å². The smallest absolute Gasteiger partial charge is 0.251 e. The van der Waals surface area contributed by atoms with E-state index >= 15 is 0 Å². The Bertz CT molecular complexity index is 636. The number of methoxy groups -OCH3 is 1. The highest BCUT2D eigenvalue weighted by molar-refractivity contribution is 5.94. The zero-order valence-electron chi connectivity index (χ0n) is 14.0. The molecule has 122 valence electrons. The van der Waals surface area contributed by atoms with Crippen molar-refractivity contribution in [1.29, 1.82) is 0 Å². The first-order valence-corrected chi connectivity index (χ1v) is 7.67. The maximum atomic E-state index is 12.2. The number of amides is 1. The predicted molar refractivity (Wildman–Crippen MR) is 92.2 cm³/mol. The van der Waals surface area contributed by atoms with E-state index in [1.165, 1.54) is 5.56 Å². The van der Waals surface area contributed by atoms with Crippen molar-refractivity contribution in [3.63, 3.8) is 0 Å². The summed E-state index contributed by atoms with van der Waals surface area (Å²) in [6.45, 7) is 1.95. The Morgan fingerprint density at radius 2 is 1.74 bits per heavy atom. The molecule has 2 aromatic rings. The van der Waals surface area contributed by atoms with Gasteiger partial charge in [0, 0.05) is 25.8 Å². The molecule has 0 aliphatic heterocycles. The molecule has 0 fully saturated rings. The van der Waals surface area contributed by atoms with Crippen LogP contribution >= 0.6 is 0 Å². The van der Waals surface area contributed by atoms with Crippen LogP contribution in [0.4, 0.5) is 0 Å². The number of nitrogens with zero attached hydrogens (tertiary/aromatic N) is 1. The van der Waals surface area contributed by atoms with Gasteiger partial charge in [-0.25, -0.2) is 0 Å². The van der Waals surface area contributed by atoms with Gasteiger partial charge in [0.05, 0.1) is 6.61 Å². The molecule has 0 atom stereocenters. The third kappa shape index (κ3) is 5.51. The first-order valence-electron chi connectivity index (χ1n) is 7.67. The molecule has 1 N–H and O–H groups in total. The number of benzene rings is 2. The standard InChI is InChI=1S/C19H24N2O2/c1-21(2)13-16-9-7-15(8-10-16)12-20-19(22)18-6-4-5-17(11-18)14-23-3/h4-11H,12-14H2,1-3H3,(H,20,22). The summed E-state index contributed by atoms with van der Waals surface area (Å²) in [5.41, 5.74) is 4.00. The molecule has 2 rings (SSSR count). The predicted octanol–water partition coefficient (Wildman–Crippen LogP) is 2.82. The van der Waals surface area contributed by atoms with Crippen molar-refractivity contribution in [1.82, 2.24) is 10.2 Å². The van der Waals surface area contributed by atoms with E-state index in [9.17, 15) is 4.79 Å². The molecule has 0 unspecified atom stereocenters. The SMILES string of the molecule is COCc1cccc(C(=O)NCc2ccc(CN(C)C)cc2)c1. The minimum Gasteiger partial charge on any atom is -0.380 e. The summed E-state index contributed by atoms with van der Waals surface area (Å²) in [4.78, 5) is 14.4. The lowest BCUT2D eigenvalue weighted by Gasteiger charge is -2.11. The van der Waals surface area contributed by atoms with Crippen LogP contribution in [0.25, 0.3) is 0 Å². The fourth-order valence-electron chi connectivity index (χ4n) is 2.38. The van der Waals surface area contributed by atoms with Crippen molar-refractivity contribution in [2.45, 2.75) is 19.7 Å². The Labute approximate surface area is 138 Å². The minimum atomic E-state index is -0.0691. The van der Waals surface area contributed by atoms with Crippen LogP contribution in [0.2, 0.25) is 0 Å². The molecule has 23 heavy (non-hydrogen) atoms. The molecule has 0 aromatic heterocycles. The highest BCUT2D eigenvalue weighted by Gasteiger charge is 2.06. The van der Waals surface area contributed by atoms with Gasteiger partial charge in [0.15, 0.2) is 0 Å². The lowest BCUT2D eigenvalue weighted by molar-refractivity contribution is 0.0950. The Morgan fingerprint density at radius 1 is 1.04 bits per heavy atom. The molecule has 2 aromatic carbocycles. The zero-order chi connectivity index (χ0) is 16.7. The number of nitrogens with one attached hydrogen (secondary N) is 1. The summed E-state index contributed by atoms with van der Waals surface area (Å²) in [5, 5.41) is 2.95. The molecule has 4 nitrogen and oxygen atoms in total. The van der Waals surface area contributed by atoms with Crippen LogP contribution in [0.5, 0.6) is 0 Å². The van der Waals surface area contributed by atoms with E-state index in [1.807, 2.05) is 38.4 Å². The van der Waals surface area contributed by atoms with Gasteiger partial charge in [-0.3, -0.25) is 4.79 Å². The van der Waals surface area contributed by atoms with Crippen LogP contribution in [0.1, 0.15) is 27.0 Å². The van der Waals surface area contributed by atoms with Crippen molar-refractivity contribution in [3.8, 4) is 0 Å². The van der Waals surface area contributed by atoms with E-state index < -0.39 is 0 Å². The van der Waals surface area contributed by atoms with Gasteiger partial charge in [-0.15, -0.1) is 0 Å². The second-order valence-corrected chi connectivity index (χ2v) is 5.87. The molecule has 4 heteroatoms. The Balaban J connectivity index is 1.92. The molecule has 0 saturated carbocycles. The van der Waals surface area contributed by atoms with Crippen LogP contribution in [0.15, 0.2) is 48.5 Å². The van der Waals surface area contributed by atoms with Gasteiger partial charge < -0.3 is 15.0 Å². The number of ether oxygens (including phenoxy) is 1. The molecule has 0 saturated heterocycles. The Kier molecular flexibility index (Phi) is 6.32. The summed E-state index contributed by atoms with van der Waals surface area (Å²) in [6.07, 6.45) is 0. The number of rotatable bonds is 7. The summed E-state index contributed by atoms with van der Waals surface area (Å²) in [5.74, 6) is -0.0691. The average Bonchev–Trinajstić information content (AvgIpc) is 2.54. The second-order valence-electron chi connectivity index (χ2n) is 5.87. The number of hydrogen-bond acceptors (Lipinski definition) is 3. The second kappa shape index (κ2) is 8.46. The van der Waals surface area contributed by atoms with E-state index in [2.05, 4.69) is 34.5 Å². The molecule has 0 aliphatic carbocycles. The van der Waals surface area contributed by atoms with Gasteiger partial charge in [0.25, 0.3) is 5.91 Å². The third-order valence-electron chi connectivity index (χ3n) is 3.48. The van der Waals surface area contributed by atoms with Crippen LogP contribution in [0, 0.1) is 0 Å². The van der Waals surface area contributed by atoms with E-state index in [1.54, 1.807) is 7.11 Å². The fraction of sp³-hybridized carbons (Fsp3) is 0.316. The molecule has 0 heterocycles. The summed E-state index contributed by atoms with van der Waals surface area (Å²) in [7, 11) is 5.74. The maximum absolute atomic E-state index is 12.2. The molecular formula is C19H24N2O2. The van der Waals surface area contributed by atoms with Crippen molar-refractivity contribution in [3.05, 3.63) is 70.8 Å². The van der Waals surface area contributed by atoms with E-state index in [-0.39, 0.29) is 5.91 Å². The summed E-state index contributed by atoms with van der Waals surface area (Å²) >= 11 is 0. The number of carbonyl (C=O) groups excluding carboxylic acids is 1. The lowest BCUT2D eigenvalue weighted by atomic mass is 10.1. The van der Waals surface area contributed by atoms with Crippen molar-refractivity contribution in [2.75, 3.05) is 21.2 Å². The van der Waals surface area contributed by atoms with Crippen molar-refractivity contribution in [2.24, 2.45) is 0 Å². The van der Waals surface area contributed by atoms with Crippen molar-refractivity contribution >= 4 is 5.91 Å². The fourth-order valence-corrected chi connectivity index (χ4v) is 2.38. The quantitative estimate of drug-likeness (QED) is 0.855. The minimum absolute atomic E-state index is 0.0691. The topological polar surface area (TPSA) is 41.6 Å². The monoisotopic (exact) mass is 312 g/mol. The number of hydrogen-bond donors (Lipinski definition) is 1. The highest BCUT2D eigenvalue weighted by atomic mass is 16.5. The lowest BCUT2D eigenvalue weighted by Crippen LogP contribution is -2.22. The molecule has 0 aliphatic rings. The third-order valence-corrected chi connectivity index (χ3v) is 3.48. The normalized spacial score (nSPS) is 10.8. The molecular weight excluding hydrogens is 288 g/mol. The van der Waals surface area contributed by atoms with Gasteiger partial charge in [-0.05, 0) is 42.9 Å². The van der Waals surface area contributed by atoms with Crippen LogP contribution in [-0.4, -0.2) is 32.0 Å². The van der Waals surface area contributed by atoms with Gasteiger partial charge in [-0.2, -0.15) is 0 Å². The van der Waals surface area contributed by atoms with E-state index in [0.717, 1.165) is 17.7 Å². The Morgan fingerprint density at radius 3 is 2.39 bits per heavy atom. The summed E-state index contributed by atoms with van der Waals surface area (Å²) < 4.78 is 5.10. The zero-order valence-corrected chi connectivity index (χ0v) is 14.0. The van der Waals surface area contributed by atoms with E-state index in [0.29, 0.717) is 18.7 Å². The van der Waals surface area contributed by atoms with Gasteiger partial charge in [-0.1, -0.05) is 36.4 Å². The first-order chi connectivity index (χ1) is 11.1. The van der Waals surface area contributed by atoms with Crippen molar-refractivity contribution < 1.29 is 9.53 Å². The average molecular weight is 312 g/mol. The van der Waals surface area contributed by atoms with Crippen LogP contribution < -0.4 is 5.32 Å². The highest BCUT2D eigenvalue weighted by Crippen LogP contribution is 2.08. The molecule has 1 amide bonds. The summed E-state index contributed by atoms with van der Waals surface area (Å²) in [6, 6.07) is 15.8. The van der Waals surface area contributed by atoms with Gasteiger partial charge in [0.2, 0.25) is 0 Å². The molecule has 0 radical (unpaired) electrons. The number of carbonyl (C=O) groups is 1. The maximum Gasteiger partial charge on any atom is 0.251 e. The first kappa shape index (κ1) is 17.2. The van der Waals surface area contributed by atoms with Crippen LogP contribution in [0.3, 0.4) is 0 Å². The molecule has 0 spiro atoms. The van der Waals surface area contributed by atoms with E-state index in [4.69, 9.17) is 4.74 Å². The Hall–Kier alpha value is -2.17. The molecule has 0 bridgehead atoms.